The minimum atomic E-state index is -5.89. The molecular formula is C17H16F6N2O5. The minimum absolute atomic E-state index is 0.0496. The normalized spacial score (nSPS) is 17.4. The molecule has 0 aromatic heterocycles. The number of hydrogen-bond donors (Lipinski definition) is 2. The molecule has 0 saturated heterocycles. The Hall–Kier alpha value is -3.12. The molecule has 1 aliphatic heterocycles. The minimum Gasteiger partial charge on any atom is -0.497 e. The highest BCUT2D eigenvalue weighted by Crippen LogP contribution is 2.39. The Morgan fingerprint density at radius 2 is 1.67 bits per heavy atom. The van der Waals surface area contributed by atoms with Gasteiger partial charge in [0.15, 0.2) is 0 Å². The van der Waals surface area contributed by atoms with Crippen LogP contribution in [0.2, 0.25) is 0 Å². The second kappa shape index (κ2) is 8.32. The lowest BCUT2D eigenvalue weighted by atomic mass is 9.94. The van der Waals surface area contributed by atoms with Crippen LogP contribution in [0.25, 0.3) is 0 Å². The maximum absolute atomic E-state index is 12.8. The molecule has 2 rings (SSSR count). The number of carbonyl (C=O) groups excluding carboxylic acids is 2. The van der Waals surface area contributed by atoms with E-state index in [1.54, 1.807) is 0 Å². The van der Waals surface area contributed by atoms with Gasteiger partial charge in [0, 0.05) is 11.3 Å². The lowest BCUT2D eigenvalue weighted by Crippen LogP contribution is -2.49. The summed E-state index contributed by atoms with van der Waals surface area (Å²) in [5.74, 6) is -1.61. The van der Waals surface area contributed by atoms with Crippen LogP contribution in [0.4, 0.5) is 31.1 Å². The van der Waals surface area contributed by atoms with Crippen LogP contribution in [0.1, 0.15) is 18.5 Å². The zero-order valence-corrected chi connectivity index (χ0v) is 15.7. The molecule has 0 saturated carbocycles. The van der Waals surface area contributed by atoms with E-state index in [0.29, 0.717) is 0 Å². The van der Waals surface area contributed by atoms with Gasteiger partial charge in [0.05, 0.1) is 25.8 Å². The number of esters is 1. The van der Waals surface area contributed by atoms with Crippen molar-refractivity contribution < 1.29 is 50.1 Å². The molecule has 30 heavy (non-hydrogen) atoms. The van der Waals surface area contributed by atoms with Crippen LogP contribution in [-0.4, -0.2) is 44.7 Å². The van der Waals surface area contributed by atoms with E-state index in [9.17, 15) is 35.9 Å². The van der Waals surface area contributed by atoms with Crippen molar-refractivity contribution >= 4 is 12.0 Å². The molecule has 0 unspecified atom stereocenters. The van der Waals surface area contributed by atoms with Gasteiger partial charge in [-0.2, -0.15) is 26.3 Å². The lowest BCUT2D eigenvalue weighted by molar-refractivity contribution is -0.312. The van der Waals surface area contributed by atoms with Crippen molar-refractivity contribution in [2.24, 2.45) is 0 Å². The summed E-state index contributed by atoms with van der Waals surface area (Å²) < 4.78 is 90.8. The van der Waals surface area contributed by atoms with Gasteiger partial charge < -0.3 is 24.8 Å². The molecule has 1 aromatic carbocycles. The summed E-state index contributed by atoms with van der Waals surface area (Å²) in [4.78, 5) is 24.3. The number of carbonyl (C=O) groups is 2. The van der Waals surface area contributed by atoms with Crippen LogP contribution in [-0.2, 0) is 9.53 Å². The third kappa shape index (κ3) is 4.89. The highest BCUT2D eigenvalue weighted by molar-refractivity contribution is 5.95. The van der Waals surface area contributed by atoms with E-state index >= 15 is 0 Å². The number of urea groups is 1. The van der Waals surface area contributed by atoms with E-state index in [0.717, 1.165) is 6.92 Å². The average Bonchev–Trinajstić information content (AvgIpc) is 2.62. The number of rotatable bonds is 5. The number of methoxy groups -OCH3 is 2. The Kier molecular flexibility index (Phi) is 6.42. The number of benzene rings is 1. The first-order chi connectivity index (χ1) is 13.8. The van der Waals surface area contributed by atoms with E-state index in [2.05, 4.69) is 15.4 Å². The van der Waals surface area contributed by atoms with Crippen LogP contribution in [0.3, 0.4) is 0 Å². The second-order valence-electron chi connectivity index (χ2n) is 6.05. The summed E-state index contributed by atoms with van der Waals surface area (Å²) in [6.07, 6.45) is -16.1. The van der Waals surface area contributed by atoms with Crippen LogP contribution >= 0.6 is 0 Å². The van der Waals surface area contributed by atoms with E-state index in [1.165, 1.54) is 32.4 Å². The molecule has 0 aliphatic carbocycles. The number of amides is 2. The molecule has 2 amide bonds. The maximum Gasteiger partial charge on any atom is 0.434 e. The summed E-state index contributed by atoms with van der Waals surface area (Å²) in [6, 6.07) is 1.83. The Balaban J connectivity index is 2.54. The monoisotopic (exact) mass is 442 g/mol. The number of halogens is 6. The molecule has 166 valence electrons. The average molecular weight is 442 g/mol. The van der Waals surface area contributed by atoms with Crippen molar-refractivity contribution in [1.29, 1.82) is 0 Å². The molecule has 0 spiro atoms. The molecule has 13 heteroatoms. The zero-order chi connectivity index (χ0) is 22.9. The molecule has 0 radical (unpaired) electrons. The smallest absolute Gasteiger partial charge is 0.434 e. The first-order valence-electron chi connectivity index (χ1n) is 8.14. The molecule has 7 nitrogen and oxygen atoms in total. The van der Waals surface area contributed by atoms with Crippen molar-refractivity contribution in [3.8, 4) is 11.5 Å². The van der Waals surface area contributed by atoms with Gasteiger partial charge in [-0.05, 0) is 25.1 Å². The van der Waals surface area contributed by atoms with Gasteiger partial charge in [0.1, 0.15) is 11.5 Å². The molecule has 2 N–H and O–H groups in total. The number of hydrogen-bond acceptors (Lipinski definition) is 5. The maximum atomic E-state index is 12.8. The standard InChI is InChI=1S/C17H16F6N2O5/c1-7-11(13(26)30-14(16(18,19)20)17(21,22)23)12(25-15(27)24-7)9-6-8(28-2)4-5-10(9)29-3/h4-6,12,14H,1-3H3,(H2,24,25,27)/t12-/m0/s1. The molecule has 1 heterocycles. The van der Waals surface area contributed by atoms with Crippen molar-refractivity contribution in [3.05, 3.63) is 35.0 Å². The zero-order valence-electron chi connectivity index (χ0n) is 15.7. The van der Waals surface area contributed by atoms with Gasteiger partial charge >= 0.3 is 24.4 Å². The third-order valence-corrected chi connectivity index (χ3v) is 4.06. The van der Waals surface area contributed by atoms with E-state index in [1.807, 2.05) is 0 Å². The first-order valence-corrected chi connectivity index (χ1v) is 8.14. The van der Waals surface area contributed by atoms with Gasteiger partial charge in [0.2, 0.25) is 0 Å². The highest BCUT2D eigenvalue weighted by Gasteiger charge is 2.60. The quantitative estimate of drug-likeness (QED) is 0.540. The predicted molar refractivity (Wildman–Crippen MR) is 88.6 cm³/mol. The summed E-state index contributed by atoms with van der Waals surface area (Å²) in [5, 5.41) is 4.38. The first kappa shape index (κ1) is 23.2. The number of allylic oxidation sites excluding steroid dienone is 1. The van der Waals surface area contributed by atoms with Crippen LogP contribution < -0.4 is 20.1 Å². The molecule has 1 atom stereocenters. The lowest BCUT2D eigenvalue weighted by Gasteiger charge is -2.31. The second-order valence-corrected chi connectivity index (χ2v) is 6.05. The Morgan fingerprint density at radius 3 is 2.17 bits per heavy atom. The third-order valence-electron chi connectivity index (χ3n) is 4.06. The molecule has 1 aromatic rings. The van der Waals surface area contributed by atoms with Crippen molar-refractivity contribution in [3.63, 3.8) is 0 Å². The van der Waals surface area contributed by atoms with Crippen molar-refractivity contribution in [2.45, 2.75) is 31.4 Å². The van der Waals surface area contributed by atoms with E-state index in [-0.39, 0.29) is 22.8 Å². The molecule has 0 fully saturated rings. The SMILES string of the molecule is COc1ccc(OC)c([C@@H]2NC(=O)NC(C)=C2C(=O)OC(C(F)(F)F)C(F)(F)F)c1. The topological polar surface area (TPSA) is 85.9 Å². The largest absolute Gasteiger partial charge is 0.497 e. The van der Waals surface area contributed by atoms with Gasteiger partial charge in [-0.1, -0.05) is 0 Å². The number of alkyl halides is 6. The van der Waals surface area contributed by atoms with Gasteiger partial charge in [0.25, 0.3) is 6.10 Å². The fraction of sp³-hybridized carbons (Fsp3) is 0.412. The number of ether oxygens (including phenoxy) is 3. The molecular weight excluding hydrogens is 426 g/mol. The van der Waals surface area contributed by atoms with Crippen LogP contribution in [0.15, 0.2) is 29.5 Å². The summed E-state index contributed by atoms with van der Waals surface area (Å²) in [6.45, 7) is 1.13. The Morgan fingerprint density at radius 1 is 1.07 bits per heavy atom. The fourth-order valence-electron chi connectivity index (χ4n) is 2.75. The van der Waals surface area contributed by atoms with E-state index in [4.69, 9.17) is 9.47 Å². The highest BCUT2D eigenvalue weighted by atomic mass is 19.4. The van der Waals surface area contributed by atoms with E-state index < -0.39 is 42.1 Å². The van der Waals surface area contributed by atoms with Crippen LogP contribution in [0.5, 0.6) is 11.5 Å². The summed E-state index contributed by atoms with van der Waals surface area (Å²) in [7, 11) is 2.55. The van der Waals surface area contributed by atoms with Crippen LogP contribution in [0, 0.1) is 0 Å². The molecule has 0 bridgehead atoms. The summed E-state index contributed by atoms with van der Waals surface area (Å²) >= 11 is 0. The fourth-order valence-corrected chi connectivity index (χ4v) is 2.75. The number of nitrogens with one attached hydrogen (secondary N) is 2. The summed E-state index contributed by atoms with van der Waals surface area (Å²) in [5.41, 5.74) is -0.907. The van der Waals surface area contributed by atoms with Crippen molar-refractivity contribution in [2.75, 3.05) is 14.2 Å². The molecule has 1 aliphatic rings. The Labute approximate surface area is 166 Å². The van der Waals surface area contributed by atoms with Gasteiger partial charge in [-0.25, -0.2) is 9.59 Å². The Bertz CT molecular complexity index is 851. The van der Waals surface area contributed by atoms with Gasteiger partial charge in [-0.3, -0.25) is 0 Å². The van der Waals surface area contributed by atoms with Crippen molar-refractivity contribution in [1.82, 2.24) is 10.6 Å². The predicted octanol–water partition coefficient (Wildman–Crippen LogP) is 3.37. The van der Waals surface area contributed by atoms with Gasteiger partial charge in [-0.15, -0.1) is 0 Å².